The average molecular weight is 318 g/mol. The zero-order valence-electron chi connectivity index (χ0n) is 12.0. The number of benzene rings is 2. The summed E-state index contributed by atoms with van der Waals surface area (Å²) in [5.41, 5.74) is 0.683. The van der Waals surface area contributed by atoms with Gasteiger partial charge in [-0.15, -0.1) is 0 Å². The second-order valence-corrected chi connectivity index (χ2v) is 4.51. The number of phenolic OH excluding ortho intramolecular Hbond substituents is 3. The molecular weight excluding hydrogens is 304 g/mol. The smallest absolute Gasteiger partial charge is 0.337 e. The van der Waals surface area contributed by atoms with Crippen molar-refractivity contribution < 1.29 is 29.6 Å². The molecule has 8 heteroatoms. The SMILES string of the molecule is COC(=O)c1cccc(NC(=O)Nc2cc(O)c(O)c(O)c2)c1. The summed E-state index contributed by atoms with van der Waals surface area (Å²) in [4.78, 5) is 23.3. The molecule has 23 heavy (non-hydrogen) atoms. The number of phenols is 3. The van der Waals surface area contributed by atoms with Crippen LogP contribution >= 0.6 is 0 Å². The minimum absolute atomic E-state index is 0.0689. The van der Waals surface area contributed by atoms with Crippen molar-refractivity contribution in [1.82, 2.24) is 0 Å². The molecule has 0 saturated heterocycles. The third-order valence-electron chi connectivity index (χ3n) is 2.87. The van der Waals surface area contributed by atoms with Crippen LogP contribution in [0.1, 0.15) is 10.4 Å². The lowest BCUT2D eigenvalue weighted by Crippen LogP contribution is -2.19. The van der Waals surface area contributed by atoms with E-state index >= 15 is 0 Å². The molecule has 0 bridgehead atoms. The number of esters is 1. The topological polar surface area (TPSA) is 128 Å². The second-order valence-electron chi connectivity index (χ2n) is 4.51. The molecular formula is C15H14N2O6. The molecule has 2 aromatic carbocycles. The lowest BCUT2D eigenvalue weighted by molar-refractivity contribution is 0.0600. The van der Waals surface area contributed by atoms with E-state index in [2.05, 4.69) is 15.4 Å². The van der Waals surface area contributed by atoms with E-state index < -0.39 is 29.2 Å². The lowest BCUT2D eigenvalue weighted by atomic mass is 10.2. The van der Waals surface area contributed by atoms with E-state index in [1.807, 2.05) is 0 Å². The van der Waals surface area contributed by atoms with Crippen LogP contribution < -0.4 is 10.6 Å². The van der Waals surface area contributed by atoms with E-state index in [-0.39, 0.29) is 11.3 Å². The molecule has 0 aliphatic rings. The monoisotopic (exact) mass is 318 g/mol. The first-order chi connectivity index (χ1) is 10.9. The van der Waals surface area contributed by atoms with Crippen LogP contribution in [0.3, 0.4) is 0 Å². The number of anilines is 2. The van der Waals surface area contributed by atoms with E-state index in [1.165, 1.54) is 19.2 Å². The van der Waals surface area contributed by atoms with Gasteiger partial charge in [-0.25, -0.2) is 9.59 Å². The van der Waals surface area contributed by atoms with Crippen LogP contribution in [0.4, 0.5) is 16.2 Å². The Kier molecular flexibility index (Phi) is 4.55. The summed E-state index contributed by atoms with van der Waals surface area (Å²) in [6, 6.07) is 7.57. The Morgan fingerprint density at radius 3 is 2.17 bits per heavy atom. The highest BCUT2D eigenvalue weighted by Crippen LogP contribution is 2.37. The Hall–Kier alpha value is -3.42. The van der Waals surface area contributed by atoms with Crippen molar-refractivity contribution in [2.45, 2.75) is 0 Å². The molecule has 2 rings (SSSR count). The molecule has 0 heterocycles. The number of nitrogens with one attached hydrogen (secondary N) is 2. The summed E-state index contributed by atoms with van der Waals surface area (Å²) in [7, 11) is 1.25. The highest BCUT2D eigenvalue weighted by atomic mass is 16.5. The molecule has 0 aliphatic carbocycles. The molecule has 120 valence electrons. The fraction of sp³-hybridized carbons (Fsp3) is 0.0667. The standard InChI is InChI=1S/C15H14N2O6/c1-23-14(21)8-3-2-4-9(5-8)16-15(22)17-10-6-11(18)13(20)12(19)7-10/h2-7,18-20H,1H3,(H2,16,17,22). The minimum Gasteiger partial charge on any atom is -0.504 e. The van der Waals surface area contributed by atoms with Crippen LogP contribution in [0.5, 0.6) is 17.2 Å². The molecule has 0 saturated carbocycles. The molecule has 0 spiro atoms. The van der Waals surface area contributed by atoms with Crippen molar-refractivity contribution in [2.24, 2.45) is 0 Å². The van der Waals surface area contributed by atoms with E-state index in [9.17, 15) is 24.9 Å². The first-order valence-electron chi connectivity index (χ1n) is 6.42. The number of amides is 2. The predicted molar refractivity (Wildman–Crippen MR) is 81.9 cm³/mol. The van der Waals surface area contributed by atoms with E-state index in [0.717, 1.165) is 12.1 Å². The highest BCUT2D eigenvalue weighted by Gasteiger charge is 2.11. The Morgan fingerprint density at radius 2 is 1.57 bits per heavy atom. The van der Waals surface area contributed by atoms with Gasteiger partial charge in [0.2, 0.25) is 0 Å². The van der Waals surface area contributed by atoms with E-state index in [1.54, 1.807) is 12.1 Å². The maximum Gasteiger partial charge on any atom is 0.337 e. The molecule has 0 atom stereocenters. The van der Waals surface area contributed by atoms with Crippen molar-refractivity contribution in [2.75, 3.05) is 17.7 Å². The number of rotatable bonds is 3. The quantitative estimate of drug-likeness (QED) is 0.335. The Balaban J connectivity index is 2.09. The number of hydrogen-bond donors (Lipinski definition) is 5. The Labute approximate surface area is 131 Å². The number of hydrogen-bond acceptors (Lipinski definition) is 6. The highest BCUT2D eigenvalue weighted by molar-refractivity contribution is 6.01. The third-order valence-corrected chi connectivity index (χ3v) is 2.87. The summed E-state index contributed by atoms with van der Waals surface area (Å²) < 4.78 is 4.58. The number of urea groups is 1. The van der Waals surface area contributed by atoms with Gasteiger partial charge in [0.05, 0.1) is 18.4 Å². The van der Waals surface area contributed by atoms with Gasteiger partial charge >= 0.3 is 12.0 Å². The summed E-state index contributed by atoms with van der Waals surface area (Å²) in [6.45, 7) is 0. The first kappa shape index (κ1) is 16.0. The summed E-state index contributed by atoms with van der Waals surface area (Å²) in [6.07, 6.45) is 0. The van der Waals surface area contributed by atoms with E-state index in [0.29, 0.717) is 5.69 Å². The van der Waals surface area contributed by atoms with Gasteiger partial charge in [-0.3, -0.25) is 0 Å². The van der Waals surface area contributed by atoms with Crippen molar-refractivity contribution in [1.29, 1.82) is 0 Å². The van der Waals surface area contributed by atoms with Crippen molar-refractivity contribution in [3.05, 3.63) is 42.0 Å². The molecule has 0 aromatic heterocycles. The largest absolute Gasteiger partial charge is 0.504 e. The number of aromatic hydroxyl groups is 3. The van der Waals surface area contributed by atoms with Gasteiger partial charge in [-0.05, 0) is 18.2 Å². The predicted octanol–water partition coefficient (Wildman–Crippen LogP) is 2.23. The van der Waals surface area contributed by atoms with Crippen LogP contribution in [0.25, 0.3) is 0 Å². The molecule has 5 N–H and O–H groups in total. The van der Waals surface area contributed by atoms with Crippen molar-refractivity contribution in [3.63, 3.8) is 0 Å². The van der Waals surface area contributed by atoms with Crippen LogP contribution in [0.2, 0.25) is 0 Å². The first-order valence-corrected chi connectivity index (χ1v) is 6.42. The van der Waals surface area contributed by atoms with Crippen molar-refractivity contribution >= 4 is 23.4 Å². The summed E-state index contributed by atoms with van der Waals surface area (Å²) >= 11 is 0. The zero-order chi connectivity index (χ0) is 17.0. The number of carbonyl (C=O) groups is 2. The van der Waals surface area contributed by atoms with Crippen LogP contribution in [0.15, 0.2) is 36.4 Å². The van der Waals surface area contributed by atoms with Gasteiger partial charge < -0.3 is 30.7 Å². The summed E-state index contributed by atoms with van der Waals surface area (Å²) in [5.74, 6) is -2.37. The summed E-state index contributed by atoms with van der Waals surface area (Å²) in [5, 5.41) is 32.8. The normalized spacial score (nSPS) is 9.96. The van der Waals surface area contributed by atoms with Gasteiger partial charge in [0.25, 0.3) is 0 Å². The van der Waals surface area contributed by atoms with Gasteiger partial charge in [0.1, 0.15) is 0 Å². The Morgan fingerprint density at radius 1 is 0.957 bits per heavy atom. The molecule has 8 nitrogen and oxygen atoms in total. The van der Waals surface area contributed by atoms with Crippen LogP contribution in [-0.4, -0.2) is 34.4 Å². The molecule has 0 aliphatic heterocycles. The third kappa shape index (κ3) is 3.82. The average Bonchev–Trinajstić information content (AvgIpc) is 2.51. The maximum absolute atomic E-state index is 11.9. The van der Waals surface area contributed by atoms with Gasteiger partial charge in [-0.1, -0.05) is 6.07 Å². The molecule has 0 fully saturated rings. The van der Waals surface area contributed by atoms with Crippen LogP contribution in [0, 0.1) is 0 Å². The number of carbonyl (C=O) groups excluding carboxylic acids is 2. The minimum atomic E-state index is -0.679. The van der Waals surface area contributed by atoms with E-state index in [4.69, 9.17) is 0 Å². The fourth-order valence-electron chi connectivity index (χ4n) is 1.81. The molecule has 2 aromatic rings. The fourth-order valence-corrected chi connectivity index (χ4v) is 1.81. The Bertz CT molecular complexity index is 736. The maximum atomic E-state index is 11.9. The van der Waals surface area contributed by atoms with Crippen LogP contribution in [-0.2, 0) is 4.74 Å². The molecule has 2 amide bonds. The van der Waals surface area contributed by atoms with Crippen molar-refractivity contribution in [3.8, 4) is 17.2 Å². The van der Waals surface area contributed by atoms with Gasteiger partial charge in [-0.2, -0.15) is 0 Å². The second kappa shape index (κ2) is 6.56. The number of methoxy groups -OCH3 is 1. The van der Waals surface area contributed by atoms with Gasteiger partial charge in [0, 0.05) is 17.8 Å². The molecule has 0 unspecified atom stereocenters. The zero-order valence-corrected chi connectivity index (χ0v) is 12.0. The number of ether oxygens (including phenoxy) is 1. The van der Waals surface area contributed by atoms with Gasteiger partial charge in [0.15, 0.2) is 17.2 Å². The molecule has 0 radical (unpaired) electrons. The lowest BCUT2D eigenvalue weighted by Gasteiger charge is -2.10.